The number of pyridine rings is 1. The molecule has 1 heterocycles. The highest BCUT2D eigenvalue weighted by Gasteiger charge is 2.22. The normalized spacial score (nSPS) is 11.1. The maximum Gasteiger partial charge on any atom is 0.258 e. The van der Waals surface area contributed by atoms with Crippen molar-refractivity contribution in [2.75, 3.05) is 41.4 Å². The lowest BCUT2D eigenvalue weighted by atomic mass is 10.0. The molecular weight excluding hydrogens is 406 g/mol. The van der Waals surface area contributed by atoms with E-state index in [2.05, 4.69) is 0 Å². The van der Waals surface area contributed by atoms with Crippen LogP contribution in [0.2, 0.25) is 0 Å². The Hall–Kier alpha value is -3.32. The molecule has 0 bridgehead atoms. The number of aromatic nitrogens is 1. The molecule has 0 N–H and O–H groups in total. The predicted octanol–water partition coefficient (Wildman–Crippen LogP) is 3.24. The summed E-state index contributed by atoms with van der Waals surface area (Å²) in [6, 6.07) is 13.3. The van der Waals surface area contributed by atoms with Gasteiger partial charge in [0.2, 0.25) is 0 Å². The van der Waals surface area contributed by atoms with E-state index in [0.29, 0.717) is 47.5 Å². The van der Waals surface area contributed by atoms with Crippen LogP contribution in [0.25, 0.3) is 10.8 Å². The zero-order valence-electron chi connectivity index (χ0n) is 19.4. The van der Waals surface area contributed by atoms with Crippen LogP contribution in [0.4, 0.5) is 0 Å². The van der Waals surface area contributed by atoms with Gasteiger partial charge >= 0.3 is 0 Å². The van der Waals surface area contributed by atoms with Crippen molar-refractivity contribution in [2.24, 2.45) is 0 Å². The predicted molar refractivity (Wildman–Crippen MR) is 127 cm³/mol. The minimum atomic E-state index is -0.164. The number of likely N-dealkylation sites (N-methyl/N-ethyl adjacent to an activating group) is 1. The zero-order valence-corrected chi connectivity index (χ0v) is 19.4. The van der Waals surface area contributed by atoms with Crippen LogP contribution in [0.5, 0.6) is 11.5 Å². The van der Waals surface area contributed by atoms with Crippen LogP contribution in [0, 0.1) is 0 Å². The third-order valence-corrected chi connectivity index (χ3v) is 5.48. The molecule has 7 heteroatoms. The van der Waals surface area contributed by atoms with Gasteiger partial charge in [0.25, 0.3) is 11.5 Å². The van der Waals surface area contributed by atoms with Crippen LogP contribution in [-0.2, 0) is 13.1 Å². The first-order chi connectivity index (χ1) is 15.4. The molecule has 3 rings (SSSR count). The highest BCUT2D eigenvalue weighted by atomic mass is 16.5. The molecule has 0 atom stereocenters. The van der Waals surface area contributed by atoms with Gasteiger partial charge in [0.05, 0.1) is 25.2 Å². The lowest BCUT2D eigenvalue weighted by Gasteiger charge is -2.26. The summed E-state index contributed by atoms with van der Waals surface area (Å²) in [5.41, 5.74) is 1.35. The second kappa shape index (κ2) is 10.3. The molecule has 0 aliphatic heterocycles. The van der Waals surface area contributed by atoms with Gasteiger partial charge in [-0.15, -0.1) is 0 Å². The van der Waals surface area contributed by atoms with E-state index in [-0.39, 0.29) is 11.5 Å². The zero-order chi connectivity index (χ0) is 23.3. The van der Waals surface area contributed by atoms with E-state index in [1.165, 1.54) is 14.2 Å². The van der Waals surface area contributed by atoms with E-state index < -0.39 is 0 Å². The van der Waals surface area contributed by atoms with E-state index in [4.69, 9.17) is 9.47 Å². The van der Waals surface area contributed by atoms with Crippen molar-refractivity contribution in [3.8, 4) is 11.5 Å². The molecule has 0 radical (unpaired) electrons. The standard InChI is InChI=1S/C25H31N3O4/c1-6-27-17-21(19-14-22(31-4)23(32-5)15-20(19)24(27)29)25(30)28(13-12-26(2)3)16-18-10-8-7-9-11-18/h7-11,14-15,17H,6,12-13,16H2,1-5H3. The molecule has 0 fully saturated rings. The van der Waals surface area contributed by atoms with Crippen molar-refractivity contribution in [2.45, 2.75) is 20.0 Å². The number of rotatable bonds is 9. The number of carbonyl (C=O) groups excluding carboxylic acids is 1. The van der Waals surface area contributed by atoms with Crippen LogP contribution in [0.3, 0.4) is 0 Å². The summed E-state index contributed by atoms with van der Waals surface area (Å²) >= 11 is 0. The summed E-state index contributed by atoms with van der Waals surface area (Å²) in [6.45, 7) is 4.10. The maximum absolute atomic E-state index is 13.8. The average molecular weight is 438 g/mol. The van der Waals surface area contributed by atoms with Crippen LogP contribution in [0.15, 0.2) is 53.5 Å². The van der Waals surface area contributed by atoms with E-state index in [1.54, 1.807) is 22.9 Å². The molecule has 3 aromatic rings. The molecule has 0 saturated heterocycles. The molecule has 0 spiro atoms. The van der Waals surface area contributed by atoms with Gasteiger partial charge in [0.1, 0.15) is 0 Å². The second-order valence-corrected chi connectivity index (χ2v) is 7.90. The number of hydrogen-bond donors (Lipinski definition) is 0. The molecule has 1 amide bonds. The number of nitrogens with zero attached hydrogens (tertiary/aromatic N) is 3. The Morgan fingerprint density at radius 3 is 2.16 bits per heavy atom. The largest absolute Gasteiger partial charge is 0.493 e. The molecule has 2 aromatic carbocycles. The number of hydrogen-bond acceptors (Lipinski definition) is 5. The Morgan fingerprint density at radius 1 is 0.969 bits per heavy atom. The number of fused-ring (bicyclic) bond motifs is 1. The average Bonchev–Trinajstić information content (AvgIpc) is 2.81. The number of benzene rings is 2. The summed E-state index contributed by atoms with van der Waals surface area (Å²) in [4.78, 5) is 30.7. The number of amides is 1. The molecule has 7 nitrogen and oxygen atoms in total. The summed E-state index contributed by atoms with van der Waals surface area (Å²) in [6.07, 6.45) is 1.66. The minimum Gasteiger partial charge on any atom is -0.493 e. The van der Waals surface area contributed by atoms with Gasteiger partial charge in [-0.2, -0.15) is 0 Å². The van der Waals surface area contributed by atoms with E-state index in [0.717, 1.165) is 12.1 Å². The SMILES string of the molecule is CCn1cc(C(=O)N(CCN(C)C)Cc2ccccc2)c2cc(OC)c(OC)cc2c1=O. The molecular formula is C25H31N3O4. The van der Waals surface area contributed by atoms with Crippen molar-refractivity contribution in [3.05, 3.63) is 70.1 Å². The molecule has 170 valence electrons. The first kappa shape index (κ1) is 23.3. The minimum absolute atomic E-state index is 0.130. The smallest absolute Gasteiger partial charge is 0.258 e. The number of methoxy groups -OCH3 is 2. The monoisotopic (exact) mass is 437 g/mol. The fourth-order valence-corrected chi connectivity index (χ4v) is 3.67. The van der Waals surface area contributed by atoms with Gasteiger partial charge in [0, 0.05) is 37.8 Å². The lowest BCUT2D eigenvalue weighted by Crippen LogP contribution is -2.37. The van der Waals surface area contributed by atoms with Crippen molar-refractivity contribution >= 4 is 16.7 Å². The topological polar surface area (TPSA) is 64.0 Å². The number of ether oxygens (including phenoxy) is 2. The highest BCUT2D eigenvalue weighted by molar-refractivity contribution is 6.07. The Labute approximate surface area is 188 Å². The first-order valence-electron chi connectivity index (χ1n) is 10.7. The Balaban J connectivity index is 2.15. The summed E-state index contributed by atoms with van der Waals surface area (Å²) < 4.78 is 12.4. The van der Waals surface area contributed by atoms with Crippen molar-refractivity contribution < 1.29 is 14.3 Å². The highest BCUT2D eigenvalue weighted by Crippen LogP contribution is 2.32. The molecule has 32 heavy (non-hydrogen) atoms. The summed E-state index contributed by atoms with van der Waals surface area (Å²) in [5, 5.41) is 0.993. The summed E-state index contributed by atoms with van der Waals surface area (Å²) in [7, 11) is 7.03. The molecule has 0 aliphatic rings. The number of carbonyl (C=O) groups is 1. The Bertz CT molecular complexity index is 1140. The van der Waals surface area contributed by atoms with Crippen LogP contribution < -0.4 is 15.0 Å². The Kier molecular flexibility index (Phi) is 7.53. The molecule has 1 aromatic heterocycles. The fourth-order valence-electron chi connectivity index (χ4n) is 3.67. The second-order valence-electron chi connectivity index (χ2n) is 7.90. The van der Waals surface area contributed by atoms with E-state index in [9.17, 15) is 9.59 Å². The van der Waals surface area contributed by atoms with Gasteiger partial charge in [0.15, 0.2) is 11.5 Å². The molecule has 0 unspecified atom stereocenters. The van der Waals surface area contributed by atoms with Gasteiger partial charge in [-0.3, -0.25) is 9.59 Å². The van der Waals surface area contributed by atoms with E-state index >= 15 is 0 Å². The first-order valence-corrected chi connectivity index (χ1v) is 10.7. The van der Waals surface area contributed by atoms with Crippen LogP contribution >= 0.6 is 0 Å². The molecule has 0 saturated carbocycles. The number of aryl methyl sites for hydroxylation is 1. The maximum atomic E-state index is 13.8. The quantitative estimate of drug-likeness (QED) is 0.514. The van der Waals surface area contributed by atoms with Gasteiger partial charge in [-0.1, -0.05) is 30.3 Å². The fraction of sp³-hybridized carbons (Fsp3) is 0.360. The Morgan fingerprint density at radius 2 is 1.59 bits per heavy atom. The lowest BCUT2D eigenvalue weighted by molar-refractivity contribution is 0.0733. The van der Waals surface area contributed by atoms with Gasteiger partial charge in [-0.25, -0.2) is 0 Å². The van der Waals surface area contributed by atoms with Gasteiger partial charge in [-0.05, 0) is 38.7 Å². The van der Waals surface area contributed by atoms with Crippen LogP contribution in [-0.4, -0.2) is 61.7 Å². The van der Waals surface area contributed by atoms with Crippen molar-refractivity contribution in [1.82, 2.24) is 14.4 Å². The van der Waals surface area contributed by atoms with E-state index in [1.807, 2.05) is 61.2 Å². The summed E-state index contributed by atoms with van der Waals surface area (Å²) in [5.74, 6) is 0.804. The van der Waals surface area contributed by atoms with Gasteiger partial charge < -0.3 is 23.8 Å². The molecule has 0 aliphatic carbocycles. The van der Waals surface area contributed by atoms with Crippen molar-refractivity contribution in [3.63, 3.8) is 0 Å². The van der Waals surface area contributed by atoms with Crippen LogP contribution in [0.1, 0.15) is 22.8 Å². The van der Waals surface area contributed by atoms with Crippen molar-refractivity contribution in [1.29, 1.82) is 0 Å². The third kappa shape index (κ3) is 4.94. The third-order valence-electron chi connectivity index (χ3n) is 5.48.